The van der Waals surface area contributed by atoms with E-state index in [0.717, 1.165) is 11.3 Å². The maximum Gasteiger partial charge on any atom is 0.389 e. The molecule has 0 N–H and O–H groups in total. The van der Waals surface area contributed by atoms with Crippen LogP contribution in [0, 0.1) is 16.7 Å². The third kappa shape index (κ3) is 2.70. The summed E-state index contributed by atoms with van der Waals surface area (Å²) >= 11 is 0. The highest BCUT2D eigenvalue weighted by Crippen LogP contribution is 2.37. The van der Waals surface area contributed by atoms with E-state index in [2.05, 4.69) is 4.99 Å². The third-order valence-corrected chi connectivity index (χ3v) is 3.03. The Morgan fingerprint density at radius 2 is 2.06 bits per heavy atom. The Morgan fingerprint density at radius 1 is 1.33 bits per heavy atom. The van der Waals surface area contributed by atoms with Crippen LogP contribution < -0.4 is 0 Å². The van der Waals surface area contributed by atoms with Crippen LogP contribution in [0.2, 0.25) is 0 Å². The van der Waals surface area contributed by atoms with Crippen molar-refractivity contribution in [3.63, 3.8) is 0 Å². The van der Waals surface area contributed by atoms with E-state index in [1.807, 2.05) is 12.1 Å². The number of nitriles is 1. The molecule has 2 rings (SSSR count). The molecule has 94 valence electrons. The van der Waals surface area contributed by atoms with Crippen molar-refractivity contribution in [3.8, 4) is 6.07 Å². The van der Waals surface area contributed by atoms with Crippen molar-refractivity contribution in [3.05, 3.63) is 29.8 Å². The van der Waals surface area contributed by atoms with Crippen molar-refractivity contribution in [2.45, 2.75) is 25.4 Å². The average molecular weight is 252 g/mol. The van der Waals surface area contributed by atoms with Gasteiger partial charge in [-0.25, -0.2) is 0 Å². The van der Waals surface area contributed by atoms with Crippen molar-refractivity contribution in [2.24, 2.45) is 10.4 Å². The third-order valence-electron chi connectivity index (χ3n) is 3.03. The molecule has 1 aliphatic heterocycles. The topological polar surface area (TPSA) is 36.1 Å². The fourth-order valence-corrected chi connectivity index (χ4v) is 2.01. The number of nitrogens with zero attached hydrogens (tertiary/aromatic N) is 2. The van der Waals surface area contributed by atoms with E-state index in [-0.39, 0.29) is 6.42 Å². The first kappa shape index (κ1) is 12.6. The van der Waals surface area contributed by atoms with Gasteiger partial charge in [-0.05, 0) is 24.5 Å². The monoisotopic (exact) mass is 252 g/mol. The summed E-state index contributed by atoms with van der Waals surface area (Å²) in [6.07, 6.45) is -3.80. The van der Waals surface area contributed by atoms with Gasteiger partial charge in [0.1, 0.15) is 0 Å². The lowest BCUT2D eigenvalue weighted by Crippen LogP contribution is -2.28. The smallest absolute Gasteiger partial charge is 0.259 e. The molecule has 1 aromatic rings. The number of hydrogen-bond acceptors (Lipinski definition) is 2. The van der Waals surface area contributed by atoms with Gasteiger partial charge in [-0.15, -0.1) is 0 Å². The van der Waals surface area contributed by atoms with Gasteiger partial charge in [0.25, 0.3) is 0 Å². The summed E-state index contributed by atoms with van der Waals surface area (Å²) in [7, 11) is 0. The number of hydrogen-bond donors (Lipinski definition) is 0. The lowest BCUT2D eigenvalue weighted by atomic mass is 9.78. The Labute approximate surface area is 103 Å². The van der Waals surface area contributed by atoms with Crippen LogP contribution in [0.1, 0.15) is 18.4 Å². The Bertz CT molecular complexity index is 514. The quantitative estimate of drug-likeness (QED) is 0.788. The molecule has 5 heteroatoms. The van der Waals surface area contributed by atoms with Crippen LogP contribution in [0.5, 0.6) is 0 Å². The average Bonchev–Trinajstić information content (AvgIpc) is 2.35. The van der Waals surface area contributed by atoms with Crippen molar-refractivity contribution in [1.29, 1.82) is 5.26 Å². The van der Waals surface area contributed by atoms with Gasteiger partial charge < -0.3 is 0 Å². The van der Waals surface area contributed by atoms with Crippen molar-refractivity contribution in [2.75, 3.05) is 0 Å². The molecule has 0 amide bonds. The molecule has 0 aliphatic carbocycles. The van der Waals surface area contributed by atoms with Crippen LogP contribution in [0.25, 0.3) is 0 Å². The van der Waals surface area contributed by atoms with E-state index in [1.165, 1.54) is 6.21 Å². The molecule has 0 fully saturated rings. The maximum absolute atomic E-state index is 12.3. The standard InChI is InChI=1S/C13H11F3N2/c14-13(15,16)6-5-12(8-17)7-10-3-1-2-4-11(10)18-9-12/h1-4,9H,5-7H2. The van der Waals surface area contributed by atoms with Gasteiger partial charge in [0, 0.05) is 12.6 Å². The van der Waals surface area contributed by atoms with Gasteiger partial charge in [-0.3, -0.25) is 4.99 Å². The summed E-state index contributed by atoms with van der Waals surface area (Å²) in [6.45, 7) is 0. The summed E-state index contributed by atoms with van der Waals surface area (Å²) in [5.74, 6) is 0. The molecule has 18 heavy (non-hydrogen) atoms. The van der Waals surface area contributed by atoms with Gasteiger partial charge in [0.2, 0.25) is 0 Å². The molecular weight excluding hydrogens is 241 g/mol. The van der Waals surface area contributed by atoms with Gasteiger partial charge in [0.05, 0.1) is 17.2 Å². The highest BCUT2D eigenvalue weighted by molar-refractivity contribution is 5.77. The molecule has 1 unspecified atom stereocenters. The van der Waals surface area contributed by atoms with Crippen LogP contribution in [0.15, 0.2) is 29.3 Å². The SMILES string of the molecule is N#CC1(CCC(F)(F)F)C=Nc2ccccc2C1. The Kier molecular flexibility index (Phi) is 3.12. The lowest BCUT2D eigenvalue weighted by molar-refractivity contribution is -0.137. The number of aliphatic imine (C=N–C) groups is 1. The maximum atomic E-state index is 12.3. The summed E-state index contributed by atoms with van der Waals surface area (Å²) in [5.41, 5.74) is 0.420. The molecule has 0 aromatic heterocycles. The zero-order valence-corrected chi connectivity index (χ0v) is 9.54. The molecule has 0 saturated heterocycles. The molecule has 1 aromatic carbocycles. The summed E-state index contributed by atoms with van der Waals surface area (Å²) < 4.78 is 36.8. The van der Waals surface area contributed by atoms with Gasteiger partial charge in [-0.2, -0.15) is 18.4 Å². The fraction of sp³-hybridized carbons (Fsp3) is 0.385. The highest BCUT2D eigenvalue weighted by Gasteiger charge is 2.37. The van der Waals surface area contributed by atoms with E-state index in [4.69, 9.17) is 5.26 Å². The first-order valence-electron chi connectivity index (χ1n) is 5.55. The minimum Gasteiger partial charge on any atom is -0.259 e. The molecule has 1 heterocycles. The molecule has 0 saturated carbocycles. The molecule has 1 aliphatic rings. The summed E-state index contributed by atoms with van der Waals surface area (Å²) in [6, 6.07) is 9.18. The van der Waals surface area contributed by atoms with Gasteiger partial charge >= 0.3 is 6.18 Å². The van der Waals surface area contributed by atoms with Crippen LogP contribution >= 0.6 is 0 Å². The minimum absolute atomic E-state index is 0.245. The first-order valence-corrected chi connectivity index (χ1v) is 5.55. The summed E-state index contributed by atoms with van der Waals surface area (Å²) in [4.78, 5) is 4.10. The molecule has 1 atom stereocenters. The van der Waals surface area contributed by atoms with Crippen molar-refractivity contribution >= 4 is 11.9 Å². The second-order valence-corrected chi connectivity index (χ2v) is 4.45. The molecule has 0 radical (unpaired) electrons. The fourth-order valence-electron chi connectivity index (χ4n) is 2.01. The van der Waals surface area contributed by atoms with Crippen molar-refractivity contribution in [1.82, 2.24) is 0 Å². The number of alkyl halides is 3. The number of rotatable bonds is 2. The van der Waals surface area contributed by atoms with Crippen LogP contribution in [0.4, 0.5) is 18.9 Å². The van der Waals surface area contributed by atoms with E-state index >= 15 is 0 Å². The van der Waals surface area contributed by atoms with E-state index in [9.17, 15) is 13.2 Å². The number of halogens is 3. The number of para-hydroxylation sites is 1. The largest absolute Gasteiger partial charge is 0.389 e. The molecular formula is C13H11F3N2. The van der Waals surface area contributed by atoms with Gasteiger partial charge in [-0.1, -0.05) is 18.2 Å². The predicted molar refractivity (Wildman–Crippen MR) is 61.6 cm³/mol. The Morgan fingerprint density at radius 3 is 2.72 bits per heavy atom. The van der Waals surface area contributed by atoms with E-state index in [1.54, 1.807) is 18.2 Å². The summed E-state index contributed by atoms with van der Waals surface area (Å²) in [5, 5.41) is 9.16. The van der Waals surface area contributed by atoms with Crippen LogP contribution in [0.3, 0.4) is 0 Å². The molecule has 0 bridgehead atoms. The second kappa shape index (κ2) is 4.45. The normalized spacial score (nSPS) is 22.3. The molecule has 0 spiro atoms. The van der Waals surface area contributed by atoms with Crippen LogP contribution in [-0.4, -0.2) is 12.4 Å². The van der Waals surface area contributed by atoms with E-state index in [0.29, 0.717) is 6.42 Å². The molecule has 2 nitrogen and oxygen atoms in total. The number of benzene rings is 1. The van der Waals surface area contributed by atoms with Crippen LogP contribution in [-0.2, 0) is 6.42 Å². The zero-order chi connectivity index (χ0) is 13.2. The highest BCUT2D eigenvalue weighted by atomic mass is 19.4. The predicted octanol–water partition coefficient (Wildman–Crippen LogP) is 3.80. The van der Waals surface area contributed by atoms with Gasteiger partial charge in [0.15, 0.2) is 0 Å². The lowest BCUT2D eigenvalue weighted by Gasteiger charge is -2.26. The Hall–Kier alpha value is -1.83. The first-order chi connectivity index (χ1) is 8.44. The van der Waals surface area contributed by atoms with Crippen molar-refractivity contribution < 1.29 is 13.2 Å². The number of fused-ring (bicyclic) bond motifs is 1. The van der Waals surface area contributed by atoms with E-state index < -0.39 is 18.0 Å². The zero-order valence-electron chi connectivity index (χ0n) is 9.54. The minimum atomic E-state index is -4.24. The Balaban J connectivity index is 2.21. The second-order valence-electron chi connectivity index (χ2n) is 4.45.